The van der Waals surface area contributed by atoms with E-state index in [1.165, 1.54) is 15.9 Å². The number of carbonyl (C=O) groups is 2. The van der Waals surface area contributed by atoms with Gasteiger partial charge in [-0.25, -0.2) is 0 Å². The highest BCUT2D eigenvalue weighted by Crippen LogP contribution is 2.35. The molecule has 1 unspecified atom stereocenters. The number of piperazine rings is 1. The van der Waals surface area contributed by atoms with Gasteiger partial charge in [0.05, 0.1) is 17.2 Å². The maximum absolute atomic E-state index is 13.2. The Morgan fingerprint density at radius 2 is 1.96 bits per heavy atom. The molecule has 0 spiro atoms. The van der Waals surface area contributed by atoms with Crippen LogP contribution in [0, 0.1) is 11.3 Å². The van der Waals surface area contributed by atoms with E-state index in [1.54, 1.807) is 32.0 Å². The van der Waals surface area contributed by atoms with Gasteiger partial charge in [-0.2, -0.15) is 18.4 Å². The van der Waals surface area contributed by atoms with E-state index in [4.69, 9.17) is 5.26 Å². The van der Waals surface area contributed by atoms with Crippen LogP contribution in [-0.4, -0.2) is 61.4 Å². The molecule has 1 heterocycles. The number of likely N-dealkylation sites (N-methyl/N-ethyl adjacent to an activating group) is 1. The quantitative estimate of drug-likeness (QED) is 0.803. The summed E-state index contributed by atoms with van der Waals surface area (Å²) in [7, 11) is 3.14. The van der Waals surface area contributed by atoms with Crippen LogP contribution in [0.15, 0.2) is 18.2 Å². The highest BCUT2D eigenvalue weighted by atomic mass is 19.4. The Labute approximate surface area is 155 Å². The first-order valence-electron chi connectivity index (χ1n) is 8.47. The molecule has 2 rings (SSSR count). The summed E-state index contributed by atoms with van der Waals surface area (Å²) in [6.45, 7) is 2.32. The smallest absolute Gasteiger partial charge is 0.367 e. The highest BCUT2D eigenvalue weighted by Gasteiger charge is 2.37. The minimum Gasteiger partial charge on any atom is -0.367 e. The van der Waals surface area contributed by atoms with E-state index in [-0.39, 0.29) is 37.0 Å². The monoisotopic (exact) mass is 382 g/mol. The van der Waals surface area contributed by atoms with Crippen molar-refractivity contribution in [3.05, 3.63) is 29.3 Å². The summed E-state index contributed by atoms with van der Waals surface area (Å²) in [4.78, 5) is 29.2. The van der Waals surface area contributed by atoms with E-state index < -0.39 is 23.3 Å². The van der Waals surface area contributed by atoms with Crippen molar-refractivity contribution < 1.29 is 22.8 Å². The van der Waals surface area contributed by atoms with Crippen molar-refractivity contribution in [1.29, 1.82) is 5.26 Å². The number of amides is 2. The first-order chi connectivity index (χ1) is 12.6. The zero-order chi connectivity index (χ0) is 20.4. The average Bonchev–Trinajstić information content (AvgIpc) is 2.64. The second kappa shape index (κ2) is 7.86. The fraction of sp³-hybridized carbons (Fsp3) is 0.500. The molecule has 1 aliphatic rings. The molecule has 1 aromatic carbocycles. The Morgan fingerprint density at radius 1 is 1.30 bits per heavy atom. The number of rotatable bonds is 3. The van der Waals surface area contributed by atoms with Crippen LogP contribution in [0.4, 0.5) is 18.9 Å². The molecule has 146 valence electrons. The third-order valence-electron chi connectivity index (χ3n) is 4.52. The molecule has 1 saturated heterocycles. The van der Waals surface area contributed by atoms with Crippen LogP contribution in [0.25, 0.3) is 0 Å². The van der Waals surface area contributed by atoms with Gasteiger partial charge in [-0.1, -0.05) is 6.92 Å². The molecule has 1 atom stereocenters. The molecule has 2 amide bonds. The lowest BCUT2D eigenvalue weighted by Gasteiger charge is -2.42. The summed E-state index contributed by atoms with van der Waals surface area (Å²) >= 11 is 0. The fourth-order valence-corrected chi connectivity index (χ4v) is 3.09. The van der Waals surface area contributed by atoms with E-state index in [0.29, 0.717) is 6.54 Å². The molecule has 1 aliphatic heterocycles. The van der Waals surface area contributed by atoms with Gasteiger partial charge >= 0.3 is 6.18 Å². The Bertz CT molecular complexity index is 771. The number of alkyl halides is 3. The summed E-state index contributed by atoms with van der Waals surface area (Å²) < 4.78 is 39.7. The Morgan fingerprint density at radius 3 is 2.48 bits per heavy atom. The van der Waals surface area contributed by atoms with E-state index in [1.807, 2.05) is 0 Å². The van der Waals surface area contributed by atoms with E-state index >= 15 is 0 Å². The van der Waals surface area contributed by atoms with Gasteiger partial charge in [0, 0.05) is 45.8 Å². The van der Waals surface area contributed by atoms with Crippen molar-refractivity contribution in [3.63, 3.8) is 0 Å². The third-order valence-corrected chi connectivity index (χ3v) is 4.52. The number of carbonyl (C=O) groups excluding carboxylic acids is 2. The van der Waals surface area contributed by atoms with E-state index in [2.05, 4.69) is 0 Å². The van der Waals surface area contributed by atoms with Crippen molar-refractivity contribution in [2.24, 2.45) is 0 Å². The van der Waals surface area contributed by atoms with Gasteiger partial charge in [0.2, 0.25) is 11.8 Å². The van der Waals surface area contributed by atoms with Crippen LogP contribution in [0.1, 0.15) is 24.5 Å². The zero-order valence-electron chi connectivity index (χ0n) is 15.4. The molecule has 1 aromatic rings. The van der Waals surface area contributed by atoms with Crippen LogP contribution in [0.5, 0.6) is 0 Å². The average molecular weight is 382 g/mol. The molecule has 0 N–H and O–H groups in total. The minimum atomic E-state index is -4.65. The topological polar surface area (TPSA) is 67.6 Å². The molecule has 6 nitrogen and oxygen atoms in total. The summed E-state index contributed by atoms with van der Waals surface area (Å²) in [5.74, 6) is -0.461. The predicted octanol–water partition coefficient (Wildman–Crippen LogP) is 2.09. The zero-order valence-corrected chi connectivity index (χ0v) is 15.4. The van der Waals surface area contributed by atoms with E-state index in [0.717, 1.165) is 12.1 Å². The summed E-state index contributed by atoms with van der Waals surface area (Å²) in [6, 6.07) is 4.27. The van der Waals surface area contributed by atoms with Gasteiger partial charge in [0.25, 0.3) is 0 Å². The molecule has 0 bridgehead atoms. The summed E-state index contributed by atoms with van der Waals surface area (Å²) in [6.07, 6.45) is -4.41. The minimum absolute atomic E-state index is 0.0892. The second-order valence-electron chi connectivity index (χ2n) is 6.47. The molecule has 1 fully saturated rings. The van der Waals surface area contributed by atoms with Crippen LogP contribution >= 0.6 is 0 Å². The lowest BCUT2D eigenvalue weighted by molar-refractivity contribution is -0.144. The molecule has 0 aliphatic carbocycles. The van der Waals surface area contributed by atoms with Crippen molar-refractivity contribution in [2.45, 2.75) is 25.6 Å². The normalized spacial score (nSPS) is 17.4. The number of hydrogen-bond acceptors (Lipinski definition) is 4. The lowest BCUT2D eigenvalue weighted by Crippen LogP contribution is -2.60. The number of nitriles is 1. The standard InChI is InChI=1S/C18H21F3N4O2/c1-4-16(26)25-8-7-24(11-15(25)17(27)23(2)3)13-6-5-12(10-22)14(9-13)18(19,20)21/h5-6,9,15H,4,7-8,11H2,1-3H3. The molecule has 0 aromatic heterocycles. The van der Waals surface area contributed by atoms with Crippen LogP contribution in [-0.2, 0) is 15.8 Å². The molecule has 0 radical (unpaired) electrons. The maximum atomic E-state index is 13.2. The number of benzene rings is 1. The Kier molecular flexibility index (Phi) is 5.98. The van der Waals surface area contributed by atoms with Gasteiger partial charge in [-0.3, -0.25) is 9.59 Å². The molecular weight excluding hydrogens is 361 g/mol. The number of hydrogen-bond donors (Lipinski definition) is 0. The third kappa shape index (κ3) is 4.32. The number of halogens is 3. The van der Waals surface area contributed by atoms with Crippen molar-refractivity contribution in [1.82, 2.24) is 9.80 Å². The highest BCUT2D eigenvalue weighted by molar-refractivity contribution is 5.88. The maximum Gasteiger partial charge on any atom is 0.417 e. The Balaban J connectivity index is 2.37. The van der Waals surface area contributed by atoms with Crippen LogP contribution in [0.2, 0.25) is 0 Å². The van der Waals surface area contributed by atoms with Gasteiger partial charge < -0.3 is 14.7 Å². The number of nitrogens with zero attached hydrogens (tertiary/aromatic N) is 4. The van der Waals surface area contributed by atoms with Gasteiger partial charge in [-0.15, -0.1) is 0 Å². The first kappa shape index (κ1) is 20.6. The van der Waals surface area contributed by atoms with Crippen LogP contribution in [0.3, 0.4) is 0 Å². The van der Waals surface area contributed by atoms with Gasteiger partial charge in [0.15, 0.2) is 0 Å². The summed E-state index contributed by atoms with van der Waals surface area (Å²) in [5, 5.41) is 8.92. The van der Waals surface area contributed by atoms with Crippen molar-refractivity contribution in [3.8, 4) is 6.07 Å². The first-order valence-corrected chi connectivity index (χ1v) is 8.47. The SMILES string of the molecule is CCC(=O)N1CCN(c2ccc(C#N)c(C(F)(F)F)c2)CC1C(=O)N(C)C. The lowest BCUT2D eigenvalue weighted by atomic mass is 10.0. The van der Waals surface area contributed by atoms with E-state index in [9.17, 15) is 22.8 Å². The van der Waals surface area contributed by atoms with Crippen molar-refractivity contribution >= 4 is 17.5 Å². The van der Waals surface area contributed by atoms with Crippen LogP contribution < -0.4 is 4.90 Å². The molecular formula is C18H21F3N4O2. The van der Waals surface area contributed by atoms with Gasteiger partial charge in [0.1, 0.15) is 6.04 Å². The predicted molar refractivity (Wildman–Crippen MR) is 92.9 cm³/mol. The Hall–Kier alpha value is -2.76. The molecule has 0 saturated carbocycles. The fourth-order valence-electron chi connectivity index (χ4n) is 3.09. The van der Waals surface area contributed by atoms with Crippen molar-refractivity contribution in [2.75, 3.05) is 38.6 Å². The molecule has 9 heteroatoms. The van der Waals surface area contributed by atoms with Gasteiger partial charge in [-0.05, 0) is 18.2 Å². The molecule has 27 heavy (non-hydrogen) atoms. The second-order valence-corrected chi connectivity index (χ2v) is 6.47. The summed E-state index contributed by atoms with van der Waals surface area (Å²) in [5.41, 5.74) is -1.20. The largest absolute Gasteiger partial charge is 0.417 e. The number of anilines is 1.